The number of aryl methyl sites for hydroxylation is 1. The zero-order valence-corrected chi connectivity index (χ0v) is 12.9. The monoisotopic (exact) mass is 347 g/mol. The van der Waals surface area contributed by atoms with Crippen LogP contribution in [0.2, 0.25) is 0 Å². The largest absolute Gasteiger partial charge is 0.303 e. The lowest BCUT2D eigenvalue weighted by molar-refractivity contribution is 0.445. The zero-order chi connectivity index (χ0) is 12.8. The Labute approximate surface area is 119 Å². The van der Waals surface area contributed by atoms with Gasteiger partial charge in [-0.15, -0.1) is 11.3 Å². The van der Waals surface area contributed by atoms with E-state index in [4.69, 9.17) is 0 Å². The molecule has 6 heteroatoms. The summed E-state index contributed by atoms with van der Waals surface area (Å²) in [5, 5.41) is 4.79. The van der Waals surface area contributed by atoms with Crippen LogP contribution in [0, 0.1) is 0 Å². The van der Waals surface area contributed by atoms with Gasteiger partial charge in [0.05, 0.1) is 9.54 Å². The highest BCUT2D eigenvalue weighted by Crippen LogP contribution is 2.38. The Morgan fingerprint density at radius 1 is 1.44 bits per heavy atom. The van der Waals surface area contributed by atoms with E-state index in [1.165, 1.54) is 22.3 Å². The Hall–Kier alpha value is -0.170. The fourth-order valence-electron chi connectivity index (χ4n) is 2.63. The van der Waals surface area contributed by atoms with Gasteiger partial charge in [0.25, 0.3) is 0 Å². The summed E-state index contributed by atoms with van der Waals surface area (Å²) in [5.41, 5.74) is 1.34. The third-order valence-electron chi connectivity index (χ3n) is 3.43. The van der Waals surface area contributed by atoms with Crippen LogP contribution in [0.25, 0.3) is 0 Å². The number of sulfone groups is 1. The fourth-order valence-corrected chi connectivity index (χ4v) is 5.70. The van der Waals surface area contributed by atoms with Gasteiger partial charge in [0.1, 0.15) is 0 Å². The number of hydrogen-bond acceptors (Lipinski definition) is 4. The van der Waals surface area contributed by atoms with Crippen molar-refractivity contribution < 1.29 is 8.42 Å². The van der Waals surface area contributed by atoms with Gasteiger partial charge >= 0.3 is 0 Å². The molecule has 18 heavy (non-hydrogen) atoms. The van der Waals surface area contributed by atoms with E-state index < -0.39 is 9.84 Å². The Balaban J connectivity index is 1.77. The summed E-state index contributed by atoms with van der Waals surface area (Å²) < 4.78 is 24.0. The lowest BCUT2D eigenvalue weighted by atomic mass is 9.93. The molecule has 0 saturated carbocycles. The van der Waals surface area contributed by atoms with E-state index in [1.54, 1.807) is 17.4 Å². The molecule has 98 valence electrons. The number of fused-ring (bicyclic) bond motifs is 1. The van der Waals surface area contributed by atoms with E-state index in [0.29, 0.717) is 6.04 Å². The molecule has 0 bridgehead atoms. The van der Waals surface area contributed by atoms with Crippen LogP contribution in [0.4, 0.5) is 0 Å². The molecule has 0 aromatic carbocycles. The van der Waals surface area contributed by atoms with E-state index in [1.807, 2.05) is 0 Å². The van der Waals surface area contributed by atoms with Crippen LogP contribution in [0.15, 0.2) is 21.3 Å². The highest BCUT2D eigenvalue weighted by Gasteiger charge is 2.28. The molecule has 2 atom stereocenters. The first-order valence-electron chi connectivity index (χ1n) is 5.99. The van der Waals surface area contributed by atoms with Gasteiger partial charge in [-0.3, -0.25) is 0 Å². The number of halogens is 1. The van der Waals surface area contributed by atoms with E-state index in [9.17, 15) is 8.42 Å². The van der Waals surface area contributed by atoms with Gasteiger partial charge in [0.15, 0.2) is 9.84 Å². The summed E-state index contributed by atoms with van der Waals surface area (Å²) >= 11 is 5.32. The van der Waals surface area contributed by atoms with Gasteiger partial charge < -0.3 is 5.32 Å². The SMILES string of the molecule is O=S1(=O)C=CC(NC2CCCc3sc(Br)cc32)C1. The third-order valence-corrected chi connectivity index (χ3v) is 6.54. The second-order valence-electron chi connectivity index (χ2n) is 4.81. The lowest BCUT2D eigenvalue weighted by Gasteiger charge is -2.26. The average Bonchev–Trinajstić information content (AvgIpc) is 2.81. The van der Waals surface area contributed by atoms with Gasteiger partial charge in [0, 0.05) is 22.4 Å². The van der Waals surface area contributed by atoms with Crippen molar-refractivity contribution in [3.63, 3.8) is 0 Å². The average molecular weight is 348 g/mol. The molecule has 3 nitrogen and oxygen atoms in total. The van der Waals surface area contributed by atoms with E-state index in [-0.39, 0.29) is 11.8 Å². The van der Waals surface area contributed by atoms with Crippen molar-refractivity contribution in [1.82, 2.24) is 5.32 Å². The first-order valence-corrected chi connectivity index (χ1v) is 9.31. The third kappa shape index (κ3) is 2.57. The number of thiophene rings is 1. The van der Waals surface area contributed by atoms with Crippen molar-refractivity contribution in [2.45, 2.75) is 31.3 Å². The van der Waals surface area contributed by atoms with Crippen LogP contribution < -0.4 is 5.32 Å². The van der Waals surface area contributed by atoms with Crippen LogP contribution >= 0.6 is 27.3 Å². The van der Waals surface area contributed by atoms with Gasteiger partial charge in [0.2, 0.25) is 0 Å². The standard InChI is InChI=1S/C12H14BrNO2S2/c13-12-6-9-10(2-1-3-11(9)17-12)14-8-4-5-18(15,16)7-8/h4-6,8,10,14H,1-3,7H2. The summed E-state index contributed by atoms with van der Waals surface area (Å²) in [6.45, 7) is 0. The molecular weight excluding hydrogens is 334 g/mol. The van der Waals surface area contributed by atoms with Crippen molar-refractivity contribution in [3.05, 3.63) is 31.8 Å². The van der Waals surface area contributed by atoms with Gasteiger partial charge in [-0.2, -0.15) is 0 Å². The summed E-state index contributed by atoms with van der Waals surface area (Å²) in [6, 6.07) is 2.42. The molecule has 2 unspecified atom stereocenters. The second kappa shape index (κ2) is 4.74. The topological polar surface area (TPSA) is 46.2 Å². The Kier molecular flexibility index (Phi) is 3.38. The number of rotatable bonds is 2. The van der Waals surface area contributed by atoms with E-state index in [0.717, 1.165) is 16.6 Å². The number of nitrogens with one attached hydrogen (secondary N) is 1. The minimum Gasteiger partial charge on any atom is -0.303 e. The minimum absolute atomic E-state index is 0.0374. The van der Waals surface area contributed by atoms with Crippen LogP contribution in [-0.2, 0) is 16.3 Å². The van der Waals surface area contributed by atoms with Crippen molar-refractivity contribution in [1.29, 1.82) is 0 Å². The molecule has 0 radical (unpaired) electrons. The summed E-state index contributed by atoms with van der Waals surface area (Å²) in [4.78, 5) is 1.43. The fraction of sp³-hybridized carbons (Fsp3) is 0.500. The molecule has 0 saturated heterocycles. The Morgan fingerprint density at radius 2 is 2.28 bits per heavy atom. The lowest BCUT2D eigenvalue weighted by Crippen LogP contribution is -2.34. The highest BCUT2D eigenvalue weighted by molar-refractivity contribution is 9.11. The van der Waals surface area contributed by atoms with Crippen LogP contribution in [0.1, 0.15) is 29.3 Å². The minimum atomic E-state index is -2.97. The molecule has 0 amide bonds. The van der Waals surface area contributed by atoms with Crippen LogP contribution in [0.5, 0.6) is 0 Å². The zero-order valence-electron chi connectivity index (χ0n) is 9.73. The molecule has 1 aromatic heterocycles. The molecule has 1 aromatic rings. The quantitative estimate of drug-likeness (QED) is 0.894. The van der Waals surface area contributed by atoms with Crippen LogP contribution in [-0.4, -0.2) is 20.2 Å². The normalized spacial score (nSPS) is 29.4. The molecule has 1 N–H and O–H groups in total. The maximum atomic E-state index is 11.4. The summed E-state index contributed by atoms with van der Waals surface area (Å²) in [6.07, 6.45) is 5.16. The molecule has 1 aliphatic carbocycles. The molecule has 1 aliphatic heterocycles. The second-order valence-corrected chi connectivity index (χ2v) is 9.25. The van der Waals surface area contributed by atoms with E-state index >= 15 is 0 Å². The smallest absolute Gasteiger partial charge is 0.173 e. The number of hydrogen-bond donors (Lipinski definition) is 1. The van der Waals surface area contributed by atoms with Crippen molar-refractivity contribution in [3.8, 4) is 0 Å². The molecule has 2 heterocycles. The molecular formula is C12H14BrNO2S2. The van der Waals surface area contributed by atoms with Gasteiger partial charge in [-0.05, 0) is 46.8 Å². The van der Waals surface area contributed by atoms with E-state index in [2.05, 4.69) is 27.3 Å². The first kappa shape index (κ1) is 12.8. The van der Waals surface area contributed by atoms with Gasteiger partial charge in [-0.1, -0.05) is 6.08 Å². The summed E-state index contributed by atoms with van der Waals surface area (Å²) in [7, 11) is -2.97. The van der Waals surface area contributed by atoms with Crippen LogP contribution in [0.3, 0.4) is 0 Å². The predicted octanol–water partition coefficient (Wildman–Crippen LogP) is 2.79. The maximum Gasteiger partial charge on any atom is 0.173 e. The predicted molar refractivity (Wildman–Crippen MR) is 77.5 cm³/mol. The first-order chi connectivity index (χ1) is 8.53. The van der Waals surface area contributed by atoms with Crippen molar-refractivity contribution >= 4 is 37.1 Å². The highest BCUT2D eigenvalue weighted by atomic mass is 79.9. The Bertz CT molecular complexity index is 591. The maximum absolute atomic E-state index is 11.4. The molecule has 0 spiro atoms. The van der Waals surface area contributed by atoms with Crippen molar-refractivity contribution in [2.75, 3.05) is 5.75 Å². The molecule has 0 fully saturated rings. The molecule has 3 rings (SSSR count). The molecule has 2 aliphatic rings. The Morgan fingerprint density at radius 3 is 3.00 bits per heavy atom. The van der Waals surface area contributed by atoms with Gasteiger partial charge in [-0.25, -0.2) is 8.42 Å². The van der Waals surface area contributed by atoms with Crippen molar-refractivity contribution in [2.24, 2.45) is 0 Å². The summed E-state index contributed by atoms with van der Waals surface area (Å²) in [5.74, 6) is 0.199.